The van der Waals surface area contributed by atoms with Crippen LogP contribution in [0.15, 0.2) is 16.6 Å². The van der Waals surface area contributed by atoms with Gasteiger partial charge >= 0.3 is 0 Å². The van der Waals surface area contributed by atoms with Gasteiger partial charge in [-0.05, 0) is 18.6 Å². The summed E-state index contributed by atoms with van der Waals surface area (Å²) in [6.45, 7) is 1.71. The predicted molar refractivity (Wildman–Crippen MR) is 45.4 cm³/mol. The average molecular weight is 219 g/mol. The lowest BCUT2D eigenvalue weighted by atomic mass is 10.2. The first-order valence-electron chi connectivity index (χ1n) is 3.15. The maximum atomic E-state index is 12.9. The Morgan fingerprint density at radius 2 is 2.09 bits per heavy atom. The molecule has 0 heterocycles. The van der Waals surface area contributed by atoms with Crippen LogP contribution in [0.25, 0.3) is 0 Å². The Bertz CT molecular complexity index is 250. The summed E-state index contributed by atoms with van der Waals surface area (Å²) in [7, 11) is 1.51. The molecule has 0 aromatic heterocycles. The number of hydrogen-bond acceptors (Lipinski definition) is 1. The van der Waals surface area contributed by atoms with Crippen molar-refractivity contribution < 1.29 is 9.13 Å². The van der Waals surface area contributed by atoms with Crippen molar-refractivity contribution in [2.24, 2.45) is 0 Å². The molecule has 0 aliphatic rings. The molecule has 0 saturated heterocycles. The summed E-state index contributed by atoms with van der Waals surface area (Å²) in [5.74, 6) is 0.274. The highest BCUT2D eigenvalue weighted by molar-refractivity contribution is 9.10. The first-order chi connectivity index (χ1) is 5.15. The molecule has 60 valence electrons. The number of hydrogen-bond donors (Lipinski definition) is 0. The van der Waals surface area contributed by atoms with Gasteiger partial charge < -0.3 is 4.74 Å². The molecule has 0 aliphatic carbocycles. The fraction of sp³-hybridized carbons (Fsp3) is 0.250. The molecule has 0 N–H and O–H groups in total. The van der Waals surface area contributed by atoms with Crippen molar-refractivity contribution in [3.05, 3.63) is 28.0 Å². The predicted octanol–water partition coefficient (Wildman–Crippen LogP) is 2.91. The molecule has 1 rings (SSSR count). The second kappa shape index (κ2) is 3.22. The molecule has 0 bridgehead atoms. The fourth-order valence-electron chi connectivity index (χ4n) is 0.740. The molecule has 0 amide bonds. The van der Waals surface area contributed by atoms with E-state index in [1.54, 1.807) is 13.0 Å². The van der Waals surface area contributed by atoms with Gasteiger partial charge in [-0.15, -0.1) is 0 Å². The van der Waals surface area contributed by atoms with Crippen LogP contribution in [0.5, 0.6) is 5.75 Å². The van der Waals surface area contributed by atoms with Crippen molar-refractivity contribution in [1.29, 1.82) is 0 Å². The lowest BCUT2D eigenvalue weighted by molar-refractivity contribution is 0.410. The second-order valence-corrected chi connectivity index (χ2v) is 3.07. The van der Waals surface area contributed by atoms with E-state index < -0.39 is 0 Å². The van der Waals surface area contributed by atoms with Crippen LogP contribution in [0.2, 0.25) is 0 Å². The lowest BCUT2D eigenvalue weighted by Gasteiger charge is -2.03. The van der Waals surface area contributed by atoms with Crippen LogP contribution in [0, 0.1) is 12.7 Å². The topological polar surface area (TPSA) is 9.23 Å². The molecule has 3 heteroatoms. The van der Waals surface area contributed by atoms with Crippen LogP contribution in [-0.2, 0) is 0 Å². The van der Waals surface area contributed by atoms with E-state index in [-0.39, 0.29) is 5.82 Å². The monoisotopic (exact) mass is 218 g/mol. The first-order valence-corrected chi connectivity index (χ1v) is 3.94. The van der Waals surface area contributed by atoms with Crippen LogP contribution in [0.3, 0.4) is 0 Å². The van der Waals surface area contributed by atoms with E-state index in [1.807, 2.05) is 0 Å². The van der Waals surface area contributed by atoms with E-state index in [0.29, 0.717) is 11.3 Å². The van der Waals surface area contributed by atoms with Gasteiger partial charge in [-0.2, -0.15) is 0 Å². The summed E-state index contributed by atoms with van der Waals surface area (Å²) in [5.41, 5.74) is 0.603. The lowest BCUT2D eigenvalue weighted by Crippen LogP contribution is -1.88. The summed E-state index contributed by atoms with van der Waals surface area (Å²) in [5, 5.41) is 0. The van der Waals surface area contributed by atoms with Gasteiger partial charge in [0, 0.05) is 10.5 Å². The summed E-state index contributed by atoms with van der Waals surface area (Å²) in [6.07, 6.45) is 0. The fourth-order valence-corrected chi connectivity index (χ4v) is 1.15. The van der Waals surface area contributed by atoms with Gasteiger partial charge in [0.15, 0.2) is 0 Å². The molecular formula is C8H8BrFO. The van der Waals surface area contributed by atoms with Gasteiger partial charge in [-0.3, -0.25) is 0 Å². The molecule has 1 nitrogen and oxygen atoms in total. The summed E-state index contributed by atoms with van der Waals surface area (Å²) >= 11 is 3.22. The third kappa shape index (κ3) is 1.71. The average Bonchev–Trinajstić information content (AvgIpc) is 1.99. The third-order valence-electron chi connectivity index (χ3n) is 1.49. The zero-order valence-electron chi connectivity index (χ0n) is 6.32. The molecule has 0 spiro atoms. The zero-order chi connectivity index (χ0) is 8.43. The number of methoxy groups -OCH3 is 1. The van der Waals surface area contributed by atoms with Crippen LogP contribution in [-0.4, -0.2) is 7.11 Å². The van der Waals surface area contributed by atoms with Crippen molar-refractivity contribution in [3.8, 4) is 5.75 Å². The Morgan fingerprint density at radius 3 is 2.55 bits per heavy atom. The van der Waals surface area contributed by atoms with Gasteiger partial charge in [-0.25, -0.2) is 4.39 Å². The summed E-state index contributed by atoms with van der Waals surface area (Å²) in [4.78, 5) is 0. The number of rotatable bonds is 1. The minimum atomic E-state index is -0.253. The third-order valence-corrected chi connectivity index (χ3v) is 2.31. The van der Waals surface area contributed by atoms with Gasteiger partial charge in [0.05, 0.1) is 7.11 Å². The standard InChI is InChI=1S/C8H8BrFO/c1-5-7(9)3-6(11-2)4-8(5)10/h3-4H,1-2H3. The van der Waals surface area contributed by atoms with Gasteiger partial charge in [0.25, 0.3) is 0 Å². The highest BCUT2D eigenvalue weighted by Gasteiger charge is 2.03. The molecule has 0 radical (unpaired) electrons. The van der Waals surface area contributed by atoms with Gasteiger partial charge in [0.1, 0.15) is 11.6 Å². The van der Waals surface area contributed by atoms with Crippen molar-refractivity contribution >= 4 is 15.9 Å². The first kappa shape index (κ1) is 8.53. The molecule has 0 atom stereocenters. The maximum Gasteiger partial charge on any atom is 0.130 e. The van der Waals surface area contributed by atoms with E-state index in [9.17, 15) is 4.39 Å². The largest absolute Gasteiger partial charge is 0.497 e. The maximum absolute atomic E-state index is 12.9. The van der Waals surface area contributed by atoms with E-state index in [0.717, 1.165) is 4.47 Å². The van der Waals surface area contributed by atoms with E-state index >= 15 is 0 Å². The smallest absolute Gasteiger partial charge is 0.130 e. The normalized spacial score (nSPS) is 9.82. The molecule has 1 aromatic rings. The van der Waals surface area contributed by atoms with Crippen molar-refractivity contribution in [2.45, 2.75) is 6.92 Å². The molecule has 1 aromatic carbocycles. The Labute approximate surface area is 73.3 Å². The van der Waals surface area contributed by atoms with Gasteiger partial charge in [-0.1, -0.05) is 15.9 Å². The molecule has 0 aliphatic heterocycles. The summed E-state index contributed by atoms with van der Waals surface area (Å²) < 4.78 is 18.5. The quantitative estimate of drug-likeness (QED) is 0.705. The SMILES string of the molecule is COc1cc(F)c(C)c(Br)c1. The van der Waals surface area contributed by atoms with Crippen molar-refractivity contribution in [1.82, 2.24) is 0 Å². The molecule has 11 heavy (non-hydrogen) atoms. The van der Waals surface area contributed by atoms with E-state index in [2.05, 4.69) is 15.9 Å². The van der Waals surface area contributed by atoms with Crippen LogP contribution in [0.4, 0.5) is 4.39 Å². The highest BCUT2D eigenvalue weighted by Crippen LogP contribution is 2.24. The van der Waals surface area contributed by atoms with Crippen LogP contribution >= 0.6 is 15.9 Å². The minimum Gasteiger partial charge on any atom is -0.497 e. The Balaban J connectivity index is 3.21. The number of benzene rings is 1. The molecule has 0 unspecified atom stereocenters. The highest BCUT2D eigenvalue weighted by atomic mass is 79.9. The second-order valence-electron chi connectivity index (χ2n) is 2.22. The Kier molecular flexibility index (Phi) is 2.49. The van der Waals surface area contributed by atoms with Crippen LogP contribution in [0.1, 0.15) is 5.56 Å². The van der Waals surface area contributed by atoms with Crippen LogP contribution < -0.4 is 4.74 Å². The van der Waals surface area contributed by atoms with E-state index in [1.165, 1.54) is 13.2 Å². The summed E-state index contributed by atoms with van der Waals surface area (Å²) in [6, 6.07) is 3.10. The molecular weight excluding hydrogens is 211 g/mol. The van der Waals surface area contributed by atoms with Gasteiger partial charge in [0.2, 0.25) is 0 Å². The van der Waals surface area contributed by atoms with Crippen molar-refractivity contribution in [3.63, 3.8) is 0 Å². The Morgan fingerprint density at radius 1 is 1.45 bits per heavy atom. The molecule has 0 saturated carbocycles. The number of halogens is 2. The van der Waals surface area contributed by atoms with Crippen molar-refractivity contribution in [2.75, 3.05) is 7.11 Å². The Hall–Kier alpha value is -0.570. The molecule has 0 fully saturated rings. The zero-order valence-corrected chi connectivity index (χ0v) is 7.90. The minimum absolute atomic E-state index is 0.253. The number of ether oxygens (including phenoxy) is 1. The van der Waals surface area contributed by atoms with E-state index in [4.69, 9.17) is 4.74 Å².